The minimum absolute atomic E-state index is 0.0317. The number of fused-ring (bicyclic) bond motifs is 1. The Balaban J connectivity index is 1.61. The highest BCUT2D eigenvalue weighted by Crippen LogP contribution is 2.49. The van der Waals surface area contributed by atoms with Crippen molar-refractivity contribution in [3.8, 4) is 0 Å². The fraction of sp³-hybridized carbons (Fsp3) is 0.548. The SMILES string of the molecule is Cc1cc2c(cc1C1(c3ccc(C4C(=O)CCCC4=O)cc3)OCCCO1)C(C)(C)CCC2(C)C. The van der Waals surface area contributed by atoms with E-state index in [-0.39, 0.29) is 22.4 Å². The topological polar surface area (TPSA) is 52.6 Å². The van der Waals surface area contributed by atoms with Crippen molar-refractivity contribution in [1.29, 1.82) is 0 Å². The second kappa shape index (κ2) is 8.67. The van der Waals surface area contributed by atoms with Crippen LogP contribution in [0.3, 0.4) is 0 Å². The van der Waals surface area contributed by atoms with Crippen LogP contribution >= 0.6 is 0 Å². The molecule has 0 bridgehead atoms. The Morgan fingerprint density at radius 3 is 1.86 bits per heavy atom. The molecule has 3 aliphatic rings. The molecule has 1 aliphatic heterocycles. The highest BCUT2D eigenvalue weighted by Gasteiger charge is 2.44. The lowest BCUT2D eigenvalue weighted by Gasteiger charge is -2.44. The van der Waals surface area contributed by atoms with Crippen LogP contribution in [-0.2, 0) is 35.7 Å². The van der Waals surface area contributed by atoms with Crippen LogP contribution in [0.5, 0.6) is 0 Å². The average molecular weight is 475 g/mol. The summed E-state index contributed by atoms with van der Waals surface area (Å²) in [5.41, 5.74) is 6.92. The first kappa shape index (κ1) is 24.4. The summed E-state index contributed by atoms with van der Waals surface area (Å²) >= 11 is 0. The van der Waals surface area contributed by atoms with Gasteiger partial charge in [0.2, 0.25) is 5.79 Å². The molecule has 2 aromatic carbocycles. The van der Waals surface area contributed by atoms with Gasteiger partial charge in [-0.15, -0.1) is 0 Å². The molecule has 2 aliphatic carbocycles. The molecule has 35 heavy (non-hydrogen) atoms. The van der Waals surface area contributed by atoms with Crippen molar-refractivity contribution >= 4 is 11.6 Å². The standard InChI is InChI=1S/C31H38O4/c1-20-18-24-25(30(4,5)15-14-29(24,2)3)19-23(20)31(34-16-7-17-35-31)22-12-10-21(11-13-22)28-26(32)8-6-9-27(28)33/h10-13,18-19,28H,6-9,14-17H2,1-5H3. The third-order valence-corrected chi connectivity index (χ3v) is 8.57. The van der Waals surface area contributed by atoms with Gasteiger partial charge in [0.05, 0.1) is 13.2 Å². The number of hydrogen-bond donors (Lipinski definition) is 0. The summed E-state index contributed by atoms with van der Waals surface area (Å²) in [6.07, 6.45) is 4.80. The predicted octanol–water partition coefficient (Wildman–Crippen LogP) is 6.39. The first-order valence-corrected chi connectivity index (χ1v) is 13.2. The normalized spacial score (nSPS) is 23.7. The van der Waals surface area contributed by atoms with E-state index in [2.05, 4.69) is 46.8 Å². The van der Waals surface area contributed by atoms with E-state index >= 15 is 0 Å². The summed E-state index contributed by atoms with van der Waals surface area (Å²) in [6, 6.07) is 12.5. The molecule has 0 aromatic heterocycles. The van der Waals surface area contributed by atoms with Gasteiger partial charge in [0.15, 0.2) is 0 Å². The minimum Gasteiger partial charge on any atom is -0.342 e. The van der Waals surface area contributed by atoms with Gasteiger partial charge in [-0.25, -0.2) is 0 Å². The zero-order chi connectivity index (χ0) is 25.0. The summed E-state index contributed by atoms with van der Waals surface area (Å²) in [5, 5.41) is 0. The Morgan fingerprint density at radius 1 is 0.743 bits per heavy atom. The second-order valence-corrected chi connectivity index (χ2v) is 12.0. The first-order chi connectivity index (χ1) is 16.6. The van der Waals surface area contributed by atoms with Gasteiger partial charge in [0, 0.05) is 24.0 Å². The highest BCUT2D eigenvalue weighted by atomic mass is 16.7. The quantitative estimate of drug-likeness (QED) is 0.484. The number of ether oxygens (including phenoxy) is 2. The molecule has 186 valence electrons. The second-order valence-electron chi connectivity index (χ2n) is 12.0. The fourth-order valence-corrected chi connectivity index (χ4v) is 6.26. The molecule has 2 aromatic rings. The average Bonchev–Trinajstić information content (AvgIpc) is 2.83. The summed E-state index contributed by atoms with van der Waals surface area (Å²) in [4.78, 5) is 25.0. The summed E-state index contributed by atoms with van der Waals surface area (Å²) in [5.74, 6) is -1.56. The molecule has 4 nitrogen and oxygen atoms in total. The molecule has 5 rings (SSSR count). The fourth-order valence-electron chi connectivity index (χ4n) is 6.26. The van der Waals surface area contributed by atoms with Crippen LogP contribution in [0, 0.1) is 6.92 Å². The van der Waals surface area contributed by atoms with Gasteiger partial charge in [-0.1, -0.05) is 58.0 Å². The zero-order valence-corrected chi connectivity index (χ0v) is 21.8. The van der Waals surface area contributed by atoms with Gasteiger partial charge < -0.3 is 9.47 Å². The van der Waals surface area contributed by atoms with Gasteiger partial charge in [-0.2, -0.15) is 0 Å². The number of rotatable bonds is 3. The molecule has 0 spiro atoms. The number of aryl methyl sites for hydroxylation is 1. The maximum absolute atomic E-state index is 12.5. The number of carbonyl (C=O) groups excluding carboxylic acids is 2. The molecule has 0 radical (unpaired) electrons. The van der Waals surface area contributed by atoms with E-state index in [1.165, 1.54) is 17.5 Å². The van der Waals surface area contributed by atoms with Crippen LogP contribution in [-0.4, -0.2) is 24.8 Å². The van der Waals surface area contributed by atoms with Crippen LogP contribution in [0.4, 0.5) is 0 Å². The Hall–Kier alpha value is -2.30. The van der Waals surface area contributed by atoms with Crippen molar-refractivity contribution in [3.63, 3.8) is 0 Å². The highest BCUT2D eigenvalue weighted by molar-refractivity contribution is 6.09. The lowest BCUT2D eigenvalue weighted by Crippen LogP contribution is -2.41. The van der Waals surface area contributed by atoms with E-state index in [9.17, 15) is 9.59 Å². The van der Waals surface area contributed by atoms with Crippen molar-refractivity contribution in [1.82, 2.24) is 0 Å². The molecule has 1 saturated carbocycles. The van der Waals surface area contributed by atoms with Gasteiger partial charge in [-0.3, -0.25) is 9.59 Å². The van der Waals surface area contributed by atoms with E-state index < -0.39 is 11.7 Å². The third-order valence-electron chi connectivity index (χ3n) is 8.57. The summed E-state index contributed by atoms with van der Waals surface area (Å²) in [7, 11) is 0. The molecule has 4 heteroatoms. The lowest BCUT2D eigenvalue weighted by atomic mass is 9.62. The predicted molar refractivity (Wildman–Crippen MR) is 137 cm³/mol. The van der Waals surface area contributed by atoms with Crippen LogP contribution in [0.1, 0.15) is 106 Å². The molecule has 0 amide bonds. The summed E-state index contributed by atoms with van der Waals surface area (Å²) in [6.45, 7) is 12.8. The van der Waals surface area contributed by atoms with E-state index in [4.69, 9.17) is 9.47 Å². The third kappa shape index (κ3) is 4.09. The Bertz CT molecular complexity index is 1130. The number of benzene rings is 2. The molecule has 0 atom stereocenters. The first-order valence-electron chi connectivity index (χ1n) is 13.2. The largest absolute Gasteiger partial charge is 0.342 e. The van der Waals surface area contributed by atoms with Gasteiger partial charge in [0.1, 0.15) is 17.5 Å². The minimum atomic E-state index is -0.992. The van der Waals surface area contributed by atoms with Crippen molar-refractivity contribution in [2.24, 2.45) is 0 Å². The van der Waals surface area contributed by atoms with Crippen LogP contribution in [0.15, 0.2) is 36.4 Å². The van der Waals surface area contributed by atoms with E-state index in [0.29, 0.717) is 32.5 Å². The maximum atomic E-state index is 12.5. The lowest BCUT2D eigenvalue weighted by molar-refractivity contribution is -0.249. The smallest absolute Gasteiger partial charge is 0.222 e. The number of carbonyl (C=O) groups is 2. The van der Waals surface area contributed by atoms with Gasteiger partial charge >= 0.3 is 0 Å². The van der Waals surface area contributed by atoms with E-state index in [1.807, 2.05) is 24.3 Å². The van der Waals surface area contributed by atoms with Crippen LogP contribution in [0.2, 0.25) is 0 Å². The Kier molecular flexibility index (Phi) is 6.04. The molecular weight excluding hydrogens is 436 g/mol. The van der Waals surface area contributed by atoms with Crippen molar-refractivity contribution < 1.29 is 19.1 Å². The number of Topliss-reactive ketones (excluding diaryl/α,β-unsaturated/α-hetero) is 2. The number of hydrogen-bond acceptors (Lipinski definition) is 4. The van der Waals surface area contributed by atoms with Crippen LogP contribution < -0.4 is 0 Å². The van der Waals surface area contributed by atoms with Gasteiger partial charge in [0.25, 0.3) is 0 Å². The Labute approximate surface area is 209 Å². The summed E-state index contributed by atoms with van der Waals surface area (Å²) < 4.78 is 13.0. The molecule has 2 fully saturated rings. The Morgan fingerprint density at radius 2 is 1.29 bits per heavy atom. The zero-order valence-electron chi connectivity index (χ0n) is 21.8. The van der Waals surface area contributed by atoms with Gasteiger partial charge in [-0.05, 0) is 71.8 Å². The van der Waals surface area contributed by atoms with E-state index in [1.54, 1.807) is 0 Å². The molecule has 1 saturated heterocycles. The maximum Gasteiger partial charge on any atom is 0.222 e. The van der Waals surface area contributed by atoms with E-state index in [0.717, 1.165) is 35.1 Å². The number of ketones is 2. The van der Waals surface area contributed by atoms with Crippen molar-refractivity contribution in [2.75, 3.05) is 13.2 Å². The van der Waals surface area contributed by atoms with Crippen LogP contribution in [0.25, 0.3) is 0 Å². The molecule has 1 heterocycles. The molecule has 0 unspecified atom stereocenters. The van der Waals surface area contributed by atoms with Crippen molar-refractivity contribution in [2.45, 2.75) is 95.7 Å². The molecular formula is C31H38O4. The monoisotopic (exact) mass is 474 g/mol. The molecule has 0 N–H and O–H groups in total. The van der Waals surface area contributed by atoms with Crippen molar-refractivity contribution in [3.05, 3.63) is 69.8 Å².